The van der Waals surface area contributed by atoms with Crippen molar-refractivity contribution in [2.24, 2.45) is 4.99 Å². The third-order valence-electron chi connectivity index (χ3n) is 6.00. The van der Waals surface area contributed by atoms with Gasteiger partial charge in [0, 0.05) is 21.2 Å². The molecule has 0 radical (unpaired) electrons. The van der Waals surface area contributed by atoms with Gasteiger partial charge in [0.15, 0.2) is 0 Å². The van der Waals surface area contributed by atoms with Crippen molar-refractivity contribution in [3.8, 4) is 11.3 Å². The molecule has 1 N–H and O–H groups in total. The number of carbonyl (C=O) groups is 2. The molecule has 1 aliphatic rings. The highest BCUT2D eigenvalue weighted by Crippen LogP contribution is 2.40. The fourth-order valence-corrected chi connectivity index (χ4v) is 5.69. The van der Waals surface area contributed by atoms with E-state index in [9.17, 15) is 9.59 Å². The molecule has 1 aliphatic carbocycles. The zero-order valence-electron chi connectivity index (χ0n) is 19.5. The average molecular weight is 519 g/mol. The summed E-state index contributed by atoms with van der Waals surface area (Å²) < 4.78 is 10.9. The number of para-hydroxylation sites is 1. The molecule has 0 unspecified atom stereocenters. The van der Waals surface area contributed by atoms with Crippen LogP contribution in [0.2, 0.25) is 5.02 Å². The third-order valence-corrected chi connectivity index (χ3v) is 7.43. The van der Waals surface area contributed by atoms with E-state index in [1.807, 2.05) is 30.3 Å². The van der Waals surface area contributed by atoms with Gasteiger partial charge in [-0.3, -0.25) is 4.79 Å². The first kappa shape index (κ1) is 24.0. The summed E-state index contributed by atoms with van der Waals surface area (Å²) in [4.78, 5) is 31.3. The van der Waals surface area contributed by atoms with E-state index in [4.69, 9.17) is 20.8 Å². The maximum absolute atomic E-state index is 13.3. The number of nitrogens with one attached hydrogen (secondary N) is 1. The van der Waals surface area contributed by atoms with Gasteiger partial charge in [0.1, 0.15) is 16.5 Å². The zero-order chi connectivity index (χ0) is 25.1. The van der Waals surface area contributed by atoms with E-state index in [1.54, 1.807) is 47.9 Å². The van der Waals surface area contributed by atoms with Crippen molar-refractivity contribution in [3.63, 3.8) is 0 Å². The molecule has 1 amide bonds. The molecule has 0 spiro atoms. The second kappa shape index (κ2) is 10.5. The minimum atomic E-state index is -0.480. The van der Waals surface area contributed by atoms with Crippen LogP contribution in [-0.2, 0) is 17.6 Å². The van der Waals surface area contributed by atoms with Crippen molar-refractivity contribution >= 4 is 51.7 Å². The van der Waals surface area contributed by atoms with Crippen LogP contribution in [0.1, 0.15) is 49.8 Å². The Bertz CT molecular complexity index is 1460. The number of hydrogen-bond donors (Lipinski definition) is 1. The van der Waals surface area contributed by atoms with Crippen molar-refractivity contribution in [3.05, 3.63) is 93.0 Å². The molecule has 4 aromatic rings. The molecule has 0 saturated heterocycles. The van der Waals surface area contributed by atoms with E-state index in [-0.39, 0.29) is 5.91 Å². The lowest BCUT2D eigenvalue weighted by Gasteiger charge is -2.12. The normalized spacial score (nSPS) is 12.9. The number of amides is 1. The van der Waals surface area contributed by atoms with Crippen molar-refractivity contribution < 1.29 is 18.7 Å². The molecule has 2 aromatic heterocycles. The standard InChI is InChI=1S/C28H23ClN2O4S/c1-34-28(33)20-13-11-17(29)15-22(20)23-14-12-19(35-23)16-30-27-25(21-9-5-6-10-24(21)36-27)26(32)31-18-7-3-2-4-8-18/h2-4,7-8,11-16H,5-6,9-10H2,1H3,(H,31,32). The van der Waals surface area contributed by atoms with Gasteiger partial charge in [0.05, 0.1) is 24.5 Å². The van der Waals surface area contributed by atoms with Crippen LogP contribution in [0.4, 0.5) is 10.7 Å². The lowest BCUT2D eigenvalue weighted by molar-refractivity contribution is 0.0601. The molecule has 8 heteroatoms. The topological polar surface area (TPSA) is 80.9 Å². The largest absolute Gasteiger partial charge is 0.465 e. The number of aliphatic imine (C=N–C) groups is 1. The van der Waals surface area contributed by atoms with E-state index < -0.39 is 5.97 Å². The van der Waals surface area contributed by atoms with Gasteiger partial charge in [-0.05, 0) is 73.7 Å². The van der Waals surface area contributed by atoms with Gasteiger partial charge in [-0.15, -0.1) is 11.3 Å². The van der Waals surface area contributed by atoms with E-state index in [0.29, 0.717) is 38.2 Å². The summed E-state index contributed by atoms with van der Waals surface area (Å²) in [6, 6.07) is 17.8. The van der Waals surface area contributed by atoms with Crippen LogP contribution in [0.5, 0.6) is 0 Å². The highest BCUT2D eigenvalue weighted by Gasteiger charge is 2.25. The fraction of sp³-hybridized carbons (Fsp3) is 0.179. The number of thiophene rings is 1. The Balaban J connectivity index is 1.46. The van der Waals surface area contributed by atoms with Gasteiger partial charge in [-0.2, -0.15) is 0 Å². The van der Waals surface area contributed by atoms with Crippen LogP contribution in [0.3, 0.4) is 0 Å². The molecule has 0 fully saturated rings. The maximum Gasteiger partial charge on any atom is 0.338 e. The van der Waals surface area contributed by atoms with Crippen LogP contribution >= 0.6 is 22.9 Å². The highest BCUT2D eigenvalue weighted by molar-refractivity contribution is 7.16. The van der Waals surface area contributed by atoms with Crippen molar-refractivity contribution in [2.75, 3.05) is 12.4 Å². The number of nitrogens with zero attached hydrogens (tertiary/aromatic N) is 1. The lowest BCUT2D eigenvalue weighted by Crippen LogP contribution is -2.14. The number of methoxy groups -OCH3 is 1. The minimum Gasteiger partial charge on any atom is -0.465 e. The number of aryl methyl sites for hydroxylation is 1. The van der Waals surface area contributed by atoms with Crippen LogP contribution in [0.15, 0.2) is 70.1 Å². The van der Waals surface area contributed by atoms with Crippen molar-refractivity contribution in [1.29, 1.82) is 0 Å². The Morgan fingerprint density at radius 3 is 2.69 bits per heavy atom. The summed E-state index contributed by atoms with van der Waals surface area (Å²) in [6.07, 6.45) is 5.59. The number of carbonyl (C=O) groups excluding carboxylic acids is 2. The van der Waals surface area contributed by atoms with Crippen LogP contribution in [-0.4, -0.2) is 25.2 Å². The Hall–Kier alpha value is -3.68. The maximum atomic E-state index is 13.3. The molecular weight excluding hydrogens is 496 g/mol. The van der Waals surface area contributed by atoms with Crippen LogP contribution < -0.4 is 5.32 Å². The predicted octanol–water partition coefficient (Wildman–Crippen LogP) is 7.33. The molecular formula is C28H23ClN2O4S. The number of ether oxygens (including phenoxy) is 1. The zero-order valence-corrected chi connectivity index (χ0v) is 21.1. The molecule has 182 valence electrons. The molecule has 0 atom stereocenters. The average Bonchev–Trinajstić information content (AvgIpc) is 3.52. The quantitative estimate of drug-likeness (QED) is 0.214. The summed E-state index contributed by atoms with van der Waals surface area (Å²) in [6.45, 7) is 0. The number of hydrogen-bond acceptors (Lipinski definition) is 6. The molecule has 6 nitrogen and oxygen atoms in total. The van der Waals surface area contributed by atoms with E-state index in [2.05, 4.69) is 10.3 Å². The van der Waals surface area contributed by atoms with Gasteiger partial charge < -0.3 is 14.5 Å². The second-order valence-corrected chi connectivity index (χ2v) is 9.87. The van der Waals surface area contributed by atoms with Crippen molar-refractivity contribution in [1.82, 2.24) is 0 Å². The van der Waals surface area contributed by atoms with Gasteiger partial charge in [-0.1, -0.05) is 29.8 Å². The smallest absolute Gasteiger partial charge is 0.338 e. The number of rotatable bonds is 6. The monoisotopic (exact) mass is 518 g/mol. The summed E-state index contributed by atoms with van der Waals surface area (Å²) in [5.41, 5.74) is 3.35. The van der Waals surface area contributed by atoms with Gasteiger partial charge in [0.25, 0.3) is 5.91 Å². The Labute approximate surface area is 217 Å². The molecule has 2 aromatic carbocycles. The first-order valence-corrected chi connectivity index (χ1v) is 12.8. The number of anilines is 1. The third kappa shape index (κ3) is 4.98. The highest BCUT2D eigenvalue weighted by atomic mass is 35.5. The Morgan fingerprint density at radius 1 is 1.08 bits per heavy atom. The van der Waals surface area contributed by atoms with E-state index >= 15 is 0 Å². The molecule has 2 heterocycles. The number of furan rings is 1. The molecule has 36 heavy (non-hydrogen) atoms. The number of esters is 1. The number of benzene rings is 2. The number of fused-ring (bicyclic) bond motifs is 1. The molecule has 5 rings (SSSR count). The Kier molecular flexibility index (Phi) is 7.02. The van der Waals surface area contributed by atoms with Crippen LogP contribution in [0.25, 0.3) is 11.3 Å². The SMILES string of the molecule is COC(=O)c1ccc(Cl)cc1-c1ccc(C=Nc2sc3c(c2C(=O)Nc2ccccc2)CCCC3)o1. The molecule has 0 aliphatic heterocycles. The van der Waals surface area contributed by atoms with Gasteiger partial charge in [0.2, 0.25) is 0 Å². The number of halogens is 1. The molecule has 0 bridgehead atoms. The van der Waals surface area contributed by atoms with Gasteiger partial charge >= 0.3 is 5.97 Å². The molecule has 0 saturated carbocycles. The minimum absolute atomic E-state index is 0.158. The van der Waals surface area contributed by atoms with E-state index in [0.717, 1.165) is 36.9 Å². The van der Waals surface area contributed by atoms with E-state index in [1.165, 1.54) is 12.0 Å². The first-order chi connectivity index (χ1) is 17.5. The predicted molar refractivity (Wildman–Crippen MR) is 143 cm³/mol. The first-order valence-electron chi connectivity index (χ1n) is 11.6. The lowest BCUT2D eigenvalue weighted by atomic mass is 9.95. The summed E-state index contributed by atoms with van der Waals surface area (Å²) in [5.74, 6) is 0.314. The van der Waals surface area contributed by atoms with Crippen molar-refractivity contribution in [2.45, 2.75) is 25.7 Å². The summed E-state index contributed by atoms with van der Waals surface area (Å²) in [7, 11) is 1.33. The Morgan fingerprint density at radius 2 is 1.89 bits per heavy atom. The van der Waals surface area contributed by atoms with Crippen LogP contribution in [0, 0.1) is 0 Å². The second-order valence-electron chi connectivity index (χ2n) is 8.35. The fourth-order valence-electron chi connectivity index (χ4n) is 4.29. The van der Waals surface area contributed by atoms with Gasteiger partial charge in [-0.25, -0.2) is 9.79 Å². The summed E-state index contributed by atoms with van der Waals surface area (Å²) >= 11 is 7.72. The summed E-state index contributed by atoms with van der Waals surface area (Å²) in [5, 5.41) is 4.13.